The molecule has 0 aromatic carbocycles. The fourth-order valence-electron chi connectivity index (χ4n) is 1.10. The van der Waals surface area contributed by atoms with Crippen molar-refractivity contribution in [2.75, 3.05) is 7.11 Å². The third kappa shape index (κ3) is 5.96. The predicted molar refractivity (Wildman–Crippen MR) is 46.0 cm³/mol. The van der Waals surface area contributed by atoms with Crippen LogP contribution < -0.4 is 0 Å². The molecule has 0 aliphatic rings. The van der Waals surface area contributed by atoms with Crippen molar-refractivity contribution in [2.24, 2.45) is 0 Å². The third-order valence-electron chi connectivity index (χ3n) is 1.85. The molecule has 0 spiro atoms. The number of rotatable bonds is 6. The van der Waals surface area contributed by atoms with Gasteiger partial charge in [-0.05, 0) is 6.42 Å². The zero-order chi connectivity index (χ0) is 11.2. The van der Waals surface area contributed by atoms with Crippen LogP contribution in [0.1, 0.15) is 32.6 Å². The number of carbonyl (C=O) groups is 1. The van der Waals surface area contributed by atoms with E-state index in [0.29, 0.717) is 6.42 Å². The first-order chi connectivity index (χ1) is 6.40. The third-order valence-corrected chi connectivity index (χ3v) is 1.85. The molecule has 0 aromatic rings. The van der Waals surface area contributed by atoms with Crippen molar-refractivity contribution in [1.82, 2.24) is 0 Å². The molecule has 1 unspecified atom stereocenters. The number of ether oxygens (including phenoxy) is 1. The highest BCUT2D eigenvalue weighted by Crippen LogP contribution is 2.22. The summed E-state index contributed by atoms with van der Waals surface area (Å²) >= 11 is 0. The van der Waals surface area contributed by atoms with Gasteiger partial charge in [-0.25, -0.2) is 0 Å². The molecule has 0 rings (SSSR count). The van der Waals surface area contributed by atoms with E-state index in [9.17, 15) is 18.0 Å². The Kier molecular flexibility index (Phi) is 5.76. The fourth-order valence-corrected chi connectivity index (χ4v) is 1.10. The van der Waals surface area contributed by atoms with Gasteiger partial charge in [0, 0.05) is 13.5 Å². The van der Waals surface area contributed by atoms with Crippen LogP contribution in [0.4, 0.5) is 13.2 Å². The van der Waals surface area contributed by atoms with Crippen molar-refractivity contribution in [1.29, 1.82) is 0 Å². The average molecular weight is 212 g/mol. The second kappa shape index (κ2) is 6.01. The van der Waals surface area contributed by atoms with E-state index < -0.39 is 30.9 Å². The summed E-state index contributed by atoms with van der Waals surface area (Å²) in [4.78, 5) is 11.2. The minimum absolute atomic E-state index is 0.466. The largest absolute Gasteiger partial charge is 0.389 e. The smallest absolute Gasteiger partial charge is 0.374 e. The number of ketones is 1. The minimum Gasteiger partial charge on any atom is -0.374 e. The highest BCUT2D eigenvalue weighted by Gasteiger charge is 2.29. The lowest BCUT2D eigenvalue weighted by molar-refractivity contribution is -0.147. The summed E-state index contributed by atoms with van der Waals surface area (Å²) in [6.07, 6.45) is -5.29. The first-order valence-corrected chi connectivity index (χ1v) is 4.53. The van der Waals surface area contributed by atoms with E-state index in [2.05, 4.69) is 0 Å². The van der Waals surface area contributed by atoms with Gasteiger partial charge >= 0.3 is 6.18 Å². The van der Waals surface area contributed by atoms with E-state index >= 15 is 0 Å². The molecule has 0 amide bonds. The summed E-state index contributed by atoms with van der Waals surface area (Å²) in [5.74, 6) is -0.466. The van der Waals surface area contributed by atoms with E-state index in [1.165, 1.54) is 7.11 Å². The van der Waals surface area contributed by atoms with Gasteiger partial charge in [-0.15, -0.1) is 0 Å². The quantitative estimate of drug-likeness (QED) is 0.676. The van der Waals surface area contributed by atoms with Gasteiger partial charge in [-0.1, -0.05) is 13.3 Å². The molecule has 0 heterocycles. The summed E-state index contributed by atoms with van der Waals surface area (Å²) in [6.45, 7) is 1.85. The predicted octanol–water partition coefficient (Wildman–Crippen LogP) is 2.71. The number of Topliss-reactive ketones (excluding diaryl/α,β-unsaturated/α-hetero) is 1. The zero-order valence-electron chi connectivity index (χ0n) is 8.36. The molecule has 2 nitrogen and oxygen atoms in total. The maximum Gasteiger partial charge on any atom is 0.389 e. The molecule has 0 aromatic heterocycles. The molecular formula is C9H15F3O2. The second-order valence-corrected chi connectivity index (χ2v) is 3.09. The molecule has 0 fully saturated rings. The average Bonchev–Trinajstić information content (AvgIpc) is 2.09. The second-order valence-electron chi connectivity index (χ2n) is 3.09. The Balaban J connectivity index is 3.93. The highest BCUT2D eigenvalue weighted by molar-refractivity contribution is 5.83. The molecule has 14 heavy (non-hydrogen) atoms. The zero-order valence-corrected chi connectivity index (χ0v) is 8.36. The molecule has 1 atom stereocenters. The van der Waals surface area contributed by atoms with Crippen LogP contribution in [-0.4, -0.2) is 25.2 Å². The first kappa shape index (κ1) is 13.4. The minimum atomic E-state index is -4.26. The Bertz CT molecular complexity index is 177. The van der Waals surface area contributed by atoms with Gasteiger partial charge < -0.3 is 4.74 Å². The number of carbonyl (C=O) groups excluding carboxylic acids is 1. The van der Waals surface area contributed by atoms with Gasteiger partial charge in [0.1, 0.15) is 6.10 Å². The maximum atomic E-state index is 11.8. The summed E-state index contributed by atoms with van der Waals surface area (Å²) in [7, 11) is 1.34. The van der Waals surface area contributed by atoms with Crippen LogP contribution in [-0.2, 0) is 9.53 Å². The standard InChI is InChI=1S/C9H15F3O2/c1-3-4-8(14-2)7(13)5-6-9(10,11)12/h8H,3-6H2,1-2H3. The van der Waals surface area contributed by atoms with Crippen LogP contribution in [0.5, 0.6) is 0 Å². The Morgan fingerprint density at radius 2 is 2.00 bits per heavy atom. The van der Waals surface area contributed by atoms with Crippen LogP contribution in [0, 0.1) is 0 Å². The lowest BCUT2D eigenvalue weighted by Gasteiger charge is -2.13. The van der Waals surface area contributed by atoms with Crippen LogP contribution in [0.15, 0.2) is 0 Å². The Morgan fingerprint density at radius 1 is 1.43 bits per heavy atom. The Hall–Kier alpha value is -0.580. The van der Waals surface area contributed by atoms with Gasteiger partial charge in [0.2, 0.25) is 0 Å². The summed E-state index contributed by atoms with van der Waals surface area (Å²) in [5.41, 5.74) is 0. The van der Waals surface area contributed by atoms with E-state index in [-0.39, 0.29) is 0 Å². The van der Waals surface area contributed by atoms with Crippen LogP contribution in [0.3, 0.4) is 0 Å². The topological polar surface area (TPSA) is 26.3 Å². The highest BCUT2D eigenvalue weighted by atomic mass is 19.4. The van der Waals surface area contributed by atoms with Crippen LogP contribution >= 0.6 is 0 Å². The molecule has 0 N–H and O–H groups in total. The van der Waals surface area contributed by atoms with E-state index in [1.54, 1.807) is 0 Å². The molecule has 0 aliphatic heterocycles. The van der Waals surface area contributed by atoms with Gasteiger partial charge in [0.05, 0.1) is 6.42 Å². The van der Waals surface area contributed by atoms with Crippen molar-refractivity contribution < 1.29 is 22.7 Å². The first-order valence-electron chi connectivity index (χ1n) is 4.53. The van der Waals surface area contributed by atoms with Crippen LogP contribution in [0.25, 0.3) is 0 Å². The van der Waals surface area contributed by atoms with E-state index in [4.69, 9.17) is 4.74 Å². The van der Waals surface area contributed by atoms with Crippen molar-refractivity contribution >= 4 is 5.78 Å². The molecule has 0 bridgehead atoms. The normalized spacial score (nSPS) is 14.1. The monoisotopic (exact) mass is 212 g/mol. The van der Waals surface area contributed by atoms with Crippen molar-refractivity contribution in [3.8, 4) is 0 Å². The molecule has 5 heteroatoms. The SMILES string of the molecule is CCCC(OC)C(=O)CCC(F)(F)F. The summed E-state index contributed by atoms with van der Waals surface area (Å²) in [5, 5.41) is 0. The fraction of sp³-hybridized carbons (Fsp3) is 0.889. The molecule has 0 saturated carbocycles. The van der Waals surface area contributed by atoms with E-state index in [0.717, 1.165) is 6.42 Å². The lowest BCUT2D eigenvalue weighted by atomic mass is 10.1. The van der Waals surface area contributed by atoms with Gasteiger partial charge in [0.25, 0.3) is 0 Å². The number of hydrogen-bond acceptors (Lipinski definition) is 2. The van der Waals surface area contributed by atoms with Gasteiger partial charge in [-0.3, -0.25) is 4.79 Å². The molecule has 0 aliphatic carbocycles. The van der Waals surface area contributed by atoms with Crippen molar-refractivity contribution in [2.45, 2.75) is 44.9 Å². The molecule has 0 saturated heterocycles. The van der Waals surface area contributed by atoms with Crippen LogP contribution in [0.2, 0.25) is 0 Å². The molecule has 84 valence electrons. The number of alkyl halides is 3. The van der Waals surface area contributed by atoms with Gasteiger partial charge in [-0.2, -0.15) is 13.2 Å². The van der Waals surface area contributed by atoms with E-state index in [1.807, 2.05) is 6.92 Å². The lowest BCUT2D eigenvalue weighted by Crippen LogP contribution is -2.24. The maximum absolute atomic E-state index is 11.8. The summed E-state index contributed by atoms with van der Waals surface area (Å²) in [6, 6.07) is 0. The molecule has 0 radical (unpaired) electrons. The molecular weight excluding hydrogens is 197 g/mol. The Labute approximate surface area is 81.4 Å². The summed E-state index contributed by atoms with van der Waals surface area (Å²) < 4.78 is 40.1. The van der Waals surface area contributed by atoms with Gasteiger partial charge in [0.15, 0.2) is 5.78 Å². The number of methoxy groups -OCH3 is 1. The van der Waals surface area contributed by atoms with Crippen molar-refractivity contribution in [3.05, 3.63) is 0 Å². The number of halogens is 3. The Morgan fingerprint density at radius 3 is 2.36 bits per heavy atom. The number of hydrogen-bond donors (Lipinski definition) is 0. The van der Waals surface area contributed by atoms with Crippen molar-refractivity contribution in [3.63, 3.8) is 0 Å².